The van der Waals surface area contributed by atoms with Crippen molar-refractivity contribution >= 4 is 28.6 Å². The summed E-state index contributed by atoms with van der Waals surface area (Å²) < 4.78 is 42.8. The molecule has 16 heavy (non-hydrogen) atoms. The minimum absolute atomic E-state index is 0.207. The van der Waals surface area contributed by atoms with Crippen LogP contribution in [0.5, 0.6) is 0 Å². The molecule has 0 atom stereocenters. The molecule has 0 radical (unpaired) electrons. The van der Waals surface area contributed by atoms with Gasteiger partial charge in [0.05, 0.1) is 24.8 Å². The number of esters is 1. The second-order valence-electron chi connectivity index (χ2n) is 2.84. The Labute approximate surface area is 103 Å². The van der Waals surface area contributed by atoms with E-state index in [2.05, 4.69) is 9.72 Å². The van der Waals surface area contributed by atoms with Crippen molar-refractivity contribution in [2.45, 2.75) is 12.8 Å². The van der Waals surface area contributed by atoms with E-state index in [9.17, 15) is 18.0 Å². The summed E-state index contributed by atoms with van der Waals surface area (Å²) in [4.78, 5) is 14.7. The van der Waals surface area contributed by atoms with Crippen molar-refractivity contribution in [2.75, 3.05) is 7.11 Å². The summed E-state index contributed by atoms with van der Waals surface area (Å²) >= 11 is 1.68. The predicted octanol–water partition coefficient (Wildman–Crippen LogP) is 2.48. The van der Waals surface area contributed by atoms with Gasteiger partial charge in [0.2, 0.25) is 0 Å². The van der Waals surface area contributed by atoms with Crippen LogP contribution in [0.3, 0.4) is 0 Å². The zero-order chi connectivity index (χ0) is 12.3. The second-order valence-corrected chi connectivity index (χ2v) is 3.95. The molecule has 0 fully saturated rings. The fourth-order valence-electron chi connectivity index (χ4n) is 1.12. The summed E-state index contributed by atoms with van der Waals surface area (Å²) in [7, 11) is 1.12. The van der Waals surface area contributed by atoms with Gasteiger partial charge in [-0.25, -0.2) is 18.2 Å². The van der Waals surface area contributed by atoms with E-state index in [1.165, 1.54) is 0 Å². The summed E-state index contributed by atoms with van der Waals surface area (Å²) in [5.74, 6) is -1.80. The molecule has 7 heteroatoms. The molecule has 1 heterocycles. The molecule has 88 valence electrons. The quantitative estimate of drug-likeness (QED) is 0.480. The minimum atomic E-state index is -3.01. The zero-order valence-corrected chi connectivity index (χ0v) is 10.3. The first kappa shape index (κ1) is 13.2. The van der Waals surface area contributed by atoms with Crippen LogP contribution in [0.2, 0.25) is 0 Å². The third-order valence-corrected chi connectivity index (χ3v) is 2.37. The van der Waals surface area contributed by atoms with Gasteiger partial charge in [0.15, 0.2) is 0 Å². The van der Waals surface area contributed by atoms with Crippen LogP contribution >= 0.6 is 22.6 Å². The molecule has 1 aromatic rings. The molecule has 1 rings (SSSR count). The number of alkyl halides is 2. The number of rotatable bonds is 3. The molecule has 0 aliphatic rings. The fraction of sp³-hybridized carbons (Fsp3) is 0.333. The number of ether oxygens (including phenoxy) is 1. The van der Waals surface area contributed by atoms with E-state index in [1.807, 2.05) is 0 Å². The van der Waals surface area contributed by atoms with Crippen LogP contribution in [0.15, 0.2) is 6.07 Å². The number of carbonyl (C=O) groups is 1. The smallest absolute Gasteiger partial charge is 0.311 e. The highest BCUT2D eigenvalue weighted by Gasteiger charge is 2.22. The normalized spacial score (nSPS) is 10.6. The summed E-state index contributed by atoms with van der Waals surface area (Å²) in [5.41, 5.74) is -1.13. The molecule has 0 saturated carbocycles. The summed E-state index contributed by atoms with van der Waals surface area (Å²) in [6, 6.07) is 0.892. The fourth-order valence-corrected chi connectivity index (χ4v) is 1.68. The maximum atomic E-state index is 13.2. The Bertz CT molecular complexity index is 412. The van der Waals surface area contributed by atoms with E-state index >= 15 is 0 Å². The Morgan fingerprint density at radius 2 is 2.25 bits per heavy atom. The molecule has 0 aliphatic carbocycles. The molecule has 0 N–H and O–H groups in total. The Hall–Kier alpha value is -0.860. The van der Waals surface area contributed by atoms with Crippen LogP contribution < -0.4 is 0 Å². The van der Waals surface area contributed by atoms with Gasteiger partial charge in [-0.05, 0) is 22.6 Å². The van der Waals surface area contributed by atoms with Crippen LogP contribution in [-0.4, -0.2) is 18.1 Å². The van der Waals surface area contributed by atoms with Gasteiger partial charge in [0, 0.05) is 6.07 Å². The predicted molar refractivity (Wildman–Crippen MR) is 57.6 cm³/mol. The van der Waals surface area contributed by atoms with Crippen molar-refractivity contribution in [2.24, 2.45) is 0 Å². The average molecular weight is 345 g/mol. The molecule has 0 amide bonds. The largest absolute Gasteiger partial charge is 0.469 e. The summed E-state index contributed by atoms with van der Waals surface area (Å²) in [6.07, 6.45) is -3.48. The number of nitrogens with zero attached hydrogens (tertiary/aromatic N) is 1. The van der Waals surface area contributed by atoms with Gasteiger partial charge >= 0.3 is 5.97 Å². The van der Waals surface area contributed by atoms with Crippen molar-refractivity contribution in [1.29, 1.82) is 0 Å². The molecule has 0 saturated heterocycles. The van der Waals surface area contributed by atoms with Gasteiger partial charge in [-0.15, -0.1) is 0 Å². The van der Waals surface area contributed by atoms with Crippen molar-refractivity contribution in [3.63, 3.8) is 0 Å². The SMILES string of the molecule is COC(=O)Cc1nc(I)cc(F)c1C(F)F. The second kappa shape index (κ2) is 5.46. The molecular formula is C9H7F3INO2. The Morgan fingerprint density at radius 1 is 1.62 bits per heavy atom. The van der Waals surface area contributed by atoms with Crippen molar-refractivity contribution < 1.29 is 22.7 Å². The molecule has 1 aromatic heterocycles. The van der Waals surface area contributed by atoms with E-state index in [-0.39, 0.29) is 9.39 Å². The molecule has 0 unspecified atom stereocenters. The van der Waals surface area contributed by atoms with Crippen molar-refractivity contribution in [3.05, 3.63) is 26.8 Å². The molecule has 0 bridgehead atoms. The first-order valence-electron chi connectivity index (χ1n) is 4.15. The number of methoxy groups -OCH3 is 1. The number of hydrogen-bond acceptors (Lipinski definition) is 3. The van der Waals surface area contributed by atoms with Crippen LogP contribution in [0.1, 0.15) is 17.7 Å². The van der Waals surface area contributed by atoms with Crippen LogP contribution in [0.4, 0.5) is 13.2 Å². The maximum Gasteiger partial charge on any atom is 0.311 e. The first-order valence-corrected chi connectivity index (χ1v) is 5.23. The Balaban J connectivity index is 3.18. The van der Waals surface area contributed by atoms with E-state index in [1.54, 1.807) is 22.6 Å². The molecule has 0 aromatic carbocycles. The van der Waals surface area contributed by atoms with E-state index in [4.69, 9.17) is 0 Å². The molecular weight excluding hydrogens is 338 g/mol. The van der Waals surface area contributed by atoms with Crippen molar-refractivity contribution in [3.8, 4) is 0 Å². The number of aromatic nitrogens is 1. The van der Waals surface area contributed by atoms with Crippen LogP contribution in [0.25, 0.3) is 0 Å². The van der Waals surface area contributed by atoms with E-state index < -0.39 is 30.2 Å². The Morgan fingerprint density at radius 3 is 2.75 bits per heavy atom. The number of hydrogen-bond donors (Lipinski definition) is 0. The number of pyridine rings is 1. The maximum absolute atomic E-state index is 13.2. The summed E-state index contributed by atoms with van der Waals surface area (Å²) in [6.45, 7) is 0. The van der Waals surface area contributed by atoms with Crippen LogP contribution in [0, 0.1) is 9.52 Å². The van der Waals surface area contributed by atoms with Gasteiger partial charge in [-0.2, -0.15) is 0 Å². The molecule has 0 aliphatic heterocycles. The van der Waals surface area contributed by atoms with Gasteiger partial charge < -0.3 is 4.74 Å². The molecule has 3 nitrogen and oxygen atoms in total. The lowest BCUT2D eigenvalue weighted by molar-refractivity contribution is -0.139. The minimum Gasteiger partial charge on any atom is -0.469 e. The topological polar surface area (TPSA) is 39.2 Å². The average Bonchev–Trinajstić information content (AvgIpc) is 2.15. The number of carbonyl (C=O) groups excluding carboxylic acids is 1. The zero-order valence-electron chi connectivity index (χ0n) is 8.14. The first-order chi connectivity index (χ1) is 7.45. The third kappa shape index (κ3) is 3.06. The lowest BCUT2D eigenvalue weighted by atomic mass is 10.1. The highest BCUT2D eigenvalue weighted by atomic mass is 127. The van der Waals surface area contributed by atoms with Gasteiger partial charge in [0.1, 0.15) is 9.52 Å². The van der Waals surface area contributed by atoms with Crippen molar-refractivity contribution in [1.82, 2.24) is 4.98 Å². The highest BCUT2D eigenvalue weighted by molar-refractivity contribution is 14.1. The molecule has 0 spiro atoms. The van der Waals surface area contributed by atoms with Gasteiger partial charge in [0.25, 0.3) is 6.43 Å². The van der Waals surface area contributed by atoms with Gasteiger partial charge in [-0.3, -0.25) is 4.79 Å². The van der Waals surface area contributed by atoms with E-state index in [0.29, 0.717) is 0 Å². The third-order valence-electron chi connectivity index (χ3n) is 1.81. The van der Waals surface area contributed by atoms with E-state index in [0.717, 1.165) is 13.2 Å². The van der Waals surface area contributed by atoms with Crippen LogP contribution in [-0.2, 0) is 16.0 Å². The Kier molecular flexibility index (Phi) is 4.51. The summed E-state index contributed by atoms with van der Waals surface area (Å²) in [5, 5.41) is 0. The lowest BCUT2D eigenvalue weighted by Gasteiger charge is -2.08. The number of halogens is 4. The standard InChI is InChI=1S/C9H7F3INO2/c1-16-7(15)3-5-8(9(11)12)4(10)2-6(13)14-5/h2,9H,3H2,1H3. The highest BCUT2D eigenvalue weighted by Crippen LogP contribution is 2.26. The van der Waals surface area contributed by atoms with Gasteiger partial charge in [-0.1, -0.05) is 0 Å². The lowest BCUT2D eigenvalue weighted by Crippen LogP contribution is -2.11. The monoisotopic (exact) mass is 345 g/mol.